The predicted molar refractivity (Wildman–Crippen MR) is 74.7 cm³/mol. The Kier molecular flexibility index (Phi) is 6.32. The van der Waals surface area contributed by atoms with Crippen molar-refractivity contribution in [2.75, 3.05) is 5.75 Å². The highest BCUT2D eigenvalue weighted by Gasteiger charge is 2.23. The molecule has 0 saturated carbocycles. The first-order chi connectivity index (χ1) is 6.67. The molecule has 0 radical (unpaired) electrons. The molecule has 0 N–H and O–H groups in total. The Bertz CT molecular complexity index is 159. The largest absolute Gasteiger partial charge is 0.156 e. The molecule has 0 aromatic carbocycles. The van der Waals surface area contributed by atoms with E-state index in [0.717, 1.165) is 5.92 Å². The van der Waals surface area contributed by atoms with Crippen LogP contribution in [0.2, 0.25) is 0 Å². The van der Waals surface area contributed by atoms with Crippen LogP contribution < -0.4 is 0 Å². The van der Waals surface area contributed by atoms with Crippen LogP contribution in [-0.2, 0) is 0 Å². The van der Waals surface area contributed by atoms with E-state index in [1.165, 1.54) is 25.0 Å². The summed E-state index contributed by atoms with van der Waals surface area (Å²) in [4.78, 5) is 0. The molecule has 0 bridgehead atoms. The molecule has 0 spiro atoms. The van der Waals surface area contributed by atoms with Gasteiger partial charge in [0.2, 0.25) is 0 Å². The van der Waals surface area contributed by atoms with E-state index in [0.29, 0.717) is 10.2 Å². The maximum atomic E-state index is 2.38. The lowest BCUT2D eigenvalue weighted by atomic mass is 9.77. The fourth-order valence-corrected chi connectivity index (χ4v) is 2.88. The lowest BCUT2D eigenvalue weighted by molar-refractivity contribution is 0.218. The summed E-state index contributed by atoms with van der Waals surface area (Å²) in [5.74, 6) is 2.20. The first-order valence-corrected chi connectivity index (χ1v) is 7.29. The van der Waals surface area contributed by atoms with Gasteiger partial charge in [0.1, 0.15) is 0 Å². The quantitative estimate of drug-likeness (QED) is 0.612. The van der Waals surface area contributed by atoms with Crippen molar-refractivity contribution in [2.24, 2.45) is 11.3 Å². The van der Waals surface area contributed by atoms with Crippen LogP contribution in [0.4, 0.5) is 0 Å². The van der Waals surface area contributed by atoms with Crippen molar-refractivity contribution < 1.29 is 0 Å². The predicted octanol–water partition coefficient (Wildman–Crippen LogP) is 5.37. The summed E-state index contributed by atoms with van der Waals surface area (Å²) in [6, 6.07) is 0. The van der Waals surface area contributed by atoms with Gasteiger partial charge in [-0.3, -0.25) is 0 Å². The number of rotatable bonds is 5. The Labute approximate surface area is 102 Å². The normalized spacial score (nSPS) is 15.4. The van der Waals surface area contributed by atoms with E-state index >= 15 is 0 Å². The van der Waals surface area contributed by atoms with Crippen LogP contribution in [0.5, 0.6) is 0 Å². The Morgan fingerprint density at radius 3 is 1.80 bits per heavy atom. The van der Waals surface area contributed by atoms with Crippen molar-refractivity contribution in [1.82, 2.24) is 0 Å². The third-order valence-electron chi connectivity index (χ3n) is 2.86. The molecule has 0 aliphatic rings. The Hall–Kier alpha value is 0.350. The van der Waals surface area contributed by atoms with E-state index in [4.69, 9.17) is 0 Å². The van der Waals surface area contributed by atoms with Crippen LogP contribution >= 0.6 is 11.8 Å². The molecular weight excluding hydrogens is 200 g/mol. The van der Waals surface area contributed by atoms with Crippen LogP contribution in [0, 0.1) is 11.3 Å². The molecule has 0 rings (SSSR count). The summed E-state index contributed by atoms with van der Waals surface area (Å²) < 4.78 is 0.425. The second kappa shape index (κ2) is 6.18. The van der Waals surface area contributed by atoms with Crippen molar-refractivity contribution in [3.8, 4) is 0 Å². The minimum Gasteiger partial charge on any atom is -0.156 e. The van der Waals surface area contributed by atoms with Crippen LogP contribution in [0.25, 0.3) is 0 Å². The molecule has 1 unspecified atom stereocenters. The van der Waals surface area contributed by atoms with Crippen molar-refractivity contribution in [3.63, 3.8) is 0 Å². The molecule has 1 heteroatoms. The topological polar surface area (TPSA) is 0 Å². The van der Waals surface area contributed by atoms with Gasteiger partial charge in [0.05, 0.1) is 0 Å². The smallest absolute Gasteiger partial charge is 0.00750 e. The highest BCUT2D eigenvalue weighted by molar-refractivity contribution is 8.00. The van der Waals surface area contributed by atoms with E-state index < -0.39 is 0 Å². The molecule has 0 fully saturated rings. The maximum absolute atomic E-state index is 2.38. The van der Waals surface area contributed by atoms with Gasteiger partial charge in [-0.15, -0.1) is 0 Å². The van der Waals surface area contributed by atoms with Crippen molar-refractivity contribution in [2.45, 2.75) is 72.5 Å². The molecular formula is C14H30S. The van der Waals surface area contributed by atoms with E-state index in [9.17, 15) is 0 Å². The number of hydrogen-bond acceptors (Lipinski definition) is 1. The van der Waals surface area contributed by atoms with Crippen LogP contribution in [-0.4, -0.2) is 10.5 Å². The third-order valence-corrected chi connectivity index (χ3v) is 4.17. The van der Waals surface area contributed by atoms with Crippen molar-refractivity contribution in [3.05, 3.63) is 0 Å². The Morgan fingerprint density at radius 2 is 1.47 bits per heavy atom. The summed E-state index contributed by atoms with van der Waals surface area (Å²) in [7, 11) is 0. The van der Waals surface area contributed by atoms with Crippen LogP contribution in [0.15, 0.2) is 0 Å². The van der Waals surface area contributed by atoms with E-state index in [1.807, 2.05) is 0 Å². The average Bonchev–Trinajstić information content (AvgIpc) is 1.98. The summed E-state index contributed by atoms with van der Waals surface area (Å²) in [5.41, 5.74) is 0.481. The van der Waals surface area contributed by atoms with E-state index in [2.05, 4.69) is 60.2 Å². The Morgan fingerprint density at radius 1 is 0.933 bits per heavy atom. The molecule has 0 aromatic heterocycles. The van der Waals surface area contributed by atoms with Crippen molar-refractivity contribution in [1.29, 1.82) is 0 Å². The highest BCUT2D eigenvalue weighted by atomic mass is 32.2. The minimum absolute atomic E-state index is 0.425. The SMILES string of the molecule is CCCC(CCSC(C)(C)C)C(C)(C)C. The van der Waals surface area contributed by atoms with Gasteiger partial charge in [0, 0.05) is 4.75 Å². The molecule has 0 aliphatic carbocycles. The molecule has 15 heavy (non-hydrogen) atoms. The fourth-order valence-electron chi connectivity index (χ4n) is 1.87. The zero-order chi connectivity index (χ0) is 12.1. The number of hydrogen-bond donors (Lipinski definition) is 0. The first kappa shape index (κ1) is 15.3. The molecule has 0 aliphatic heterocycles. The summed E-state index contributed by atoms with van der Waals surface area (Å²) in [6.07, 6.45) is 4.08. The van der Waals surface area contributed by atoms with Gasteiger partial charge in [0.25, 0.3) is 0 Å². The average molecular weight is 230 g/mol. The van der Waals surface area contributed by atoms with Gasteiger partial charge in [-0.1, -0.05) is 61.3 Å². The van der Waals surface area contributed by atoms with E-state index in [-0.39, 0.29) is 0 Å². The van der Waals surface area contributed by atoms with Gasteiger partial charge in [-0.25, -0.2) is 0 Å². The lowest BCUT2D eigenvalue weighted by Crippen LogP contribution is -2.22. The monoisotopic (exact) mass is 230 g/mol. The molecule has 0 amide bonds. The molecule has 0 nitrogen and oxygen atoms in total. The zero-order valence-electron chi connectivity index (χ0n) is 11.8. The summed E-state index contributed by atoms with van der Waals surface area (Å²) in [5, 5.41) is 0. The van der Waals surface area contributed by atoms with Crippen LogP contribution in [0.3, 0.4) is 0 Å². The molecule has 0 saturated heterocycles. The summed E-state index contributed by atoms with van der Waals surface area (Å²) >= 11 is 2.10. The van der Waals surface area contributed by atoms with Gasteiger partial charge in [0.15, 0.2) is 0 Å². The summed E-state index contributed by atoms with van der Waals surface area (Å²) in [6.45, 7) is 16.4. The van der Waals surface area contributed by atoms with Crippen LogP contribution in [0.1, 0.15) is 67.7 Å². The van der Waals surface area contributed by atoms with Gasteiger partial charge < -0.3 is 0 Å². The highest BCUT2D eigenvalue weighted by Crippen LogP contribution is 2.35. The first-order valence-electron chi connectivity index (χ1n) is 6.31. The van der Waals surface area contributed by atoms with Gasteiger partial charge in [-0.2, -0.15) is 11.8 Å². The zero-order valence-corrected chi connectivity index (χ0v) is 12.6. The van der Waals surface area contributed by atoms with E-state index in [1.54, 1.807) is 0 Å². The standard InChI is InChI=1S/C14H30S/c1-8-9-12(13(2,3)4)10-11-15-14(5,6)7/h12H,8-11H2,1-7H3. The molecule has 0 aromatic rings. The Balaban J connectivity index is 3.98. The van der Waals surface area contributed by atoms with Gasteiger partial charge >= 0.3 is 0 Å². The minimum atomic E-state index is 0.425. The second-order valence-electron chi connectivity index (χ2n) is 6.60. The lowest BCUT2D eigenvalue weighted by Gasteiger charge is -2.31. The molecule has 92 valence electrons. The van der Waals surface area contributed by atoms with Crippen molar-refractivity contribution >= 4 is 11.8 Å². The molecule has 0 heterocycles. The third kappa shape index (κ3) is 8.19. The fraction of sp³-hybridized carbons (Fsp3) is 1.00. The molecule has 1 atom stereocenters. The van der Waals surface area contributed by atoms with Gasteiger partial charge in [-0.05, 0) is 23.5 Å². The number of thioether (sulfide) groups is 1. The second-order valence-corrected chi connectivity index (χ2v) is 8.52. The maximum Gasteiger partial charge on any atom is 0.00750 e.